The Kier molecular flexibility index (Phi) is 4.13. The average Bonchev–Trinajstić information content (AvgIpc) is 2.47. The van der Waals surface area contributed by atoms with Crippen LogP contribution in [-0.2, 0) is 6.61 Å². The first kappa shape index (κ1) is 13.1. The molecule has 2 aromatic rings. The molecule has 0 atom stereocenters. The summed E-state index contributed by atoms with van der Waals surface area (Å²) >= 11 is 0. The van der Waals surface area contributed by atoms with Crippen molar-refractivity contribution in [2.75, 3.05) is 7.11 Å². The molecule has 0 saturated carbocycles. The zero-order valence-corrected chi connectivity index (χ0v) is 10.6. The summed E-state index contributed by atoms with van der Waals surface area (Å²) in [5.74, 6) is 0.451. The van der Waals surface area contributed by atoms with Gasteiger partial charge in [0, 0.05) is 6.07 Å². The molecule has 0 saturated heterocycles. The van der Waals surface area contributed by atoms with Gasteiger partial charge in [-0.25, -0.2) is 4.39 Å². The molecule has 0 radical (unpaired) electrons. The number of pyridine rings is 1. The van der Waals surface area contributed by atoms with Gasteiger partial charge in [-0.05, 0) is 23.8 Å². The van der Waals surface area contributed by atoms with Crippen molar-refractivity contribution in [2.45, 2.75) is 6.61 Å². The van der Waals surface area contributed by atoms with E-state index in [4.69, 9.17) is 9.47 Å². The second-order valence-electron chi connectivity index (χ2n) is 3.88. The highest BCUT2D eigenvalue weighted by atomic mass is 19.1. The maximum Gasteiger partial charge on any atom is 0.183 e. The van der Waals surface area contributed by atoms with E-state index >= 15 is 0 Å². The van der Waals surface area contributed by atoms with Crippen LogP contribution >= 0.6 is 0 Å². The fourth-order valence-corrected chi connectivity index (χ4v) is 1.54. The monoisotopic (exact) mass is 259 g/mol. The third-order valence-corrected chi connectivity index (χ3v) is 2.60. The average molecular weight is 259 g/mol. The first-order chi connectivity index (χ1) is 9.22. The van der Waals surface area contributed by atoms with Gasteiger partial charge in [0.1, 0.15) is 12.4 Å². The Hall–Kier alpha value is -2.36. The molecule has 0 aliphatic carbocycles. The third kappa shape index (κ3) is 3.31. The van der Waals surface area contributed by atoms with Crippen LogP contribution < -0.4 is 9.47 Å². The number of halogens is 1. The molecule has 0 amide bonds. The van der Waals surface area contributed by atoms with Crippen LogP contribution in [0.5, 0.6) is 11.5 Å². The van der Waals surface area contributed by atoms with Crippen molar-refractivity contribution in [1.82, 2.24) is 4.98 Å². The van der Waals surface area contributed by atoms with E-state index < -0.39 is 5.82 Å². The predicted molar refractivity (Wildman–Crippen MR) is 71.6 cm³/mol. The van der Waals surface area contributed by atoms with Crippen molar-refractivity contribution in [2.24, 2.45) is 0 Å². The molecule has 0 unspecified atom stereocenters. The van der Waals surface area contributed by atoms with Crippen molar-refractivity contribution in [1.29, 1.82) is 0 Å². The van der Waals surface area contributed by atoms with Crippen molar-refractivity contribution in [3.63, 3.8) is 0 Å². The van der Waals surface area contributed by atoms with Gasteiger partial charge in [-0.3, -0.25) is 4.98 Å². The van der Waals surface area contributed by atoms with E-state index in [1.54, 1.807) is 13.2 Å². The van der Waals surface area contributed by atoms with Crippen molar-refractivity contribution in [3.05, 3.63) is 60.2 Å². The highest BCUT2D eigenvalue weighted by molar-refractivity contribution is 5.44. The van der Waals surface area contributed by atoms with Gasteiger partial charge in [0.15, 0.2) is 11.6 Å². The molecular formula is C15H14FNO2. The number of nitrogens with zero attached hydrogens (tertiary/aromatic N) is 1. The number of benzene rings is 1. The molecule has 0 N–H and O–H groups in total. The van der Waals surface area contributed by atoms with Crippen LogP contribution in [0.1, 0.15) is 11.3 Å². The van der Waals surface area contributed by atoms with Gasteiger partial charge in [-0.2, -0.15) is 0 Å². The molecule has 0 aliphatic heterocycles. The third-order valence-electron chi connectivity index (χ3n) is 2.60. The normalized spacial score (nSPS) is 10.0. The topological polar surface area (TPSA) is 31.4 Å². The molecule has 1 heterocycles. The number of ether oxygens (including phenoxy) is 2. The minimum Gasteiger partial charge on any atom is -0.497 e. The van der Waals surface area contributed by atoms with Crippen LogP contribution in [0, 0.1) is 5.82 Å². The van der Waals surface area contributed by atoms with Crippen LogP contribution in [-0.4, -0.2) is 12.1 Å². The summed E-state index contributed by atoms with van der Waals surface area (Å²) in [6, 6.07) is 8.91. The molecule has 3 nitrogen and oxygen atoms in total. The summed E-state index contributed by atoms with van der Waals surface area (Å²) in [7, 11) is 1.61. The quantitative estimate of drug-likeness (QED) is 0.824. The standard InChI is InChI=1S/C15H14FNO2/c1-3-12-8-15(14(16)9-17-12)19-10-11-4-6-13(18-2)7-5-11/h3-9H,1,10H2,2H3. The lowest BCUT2D eigenvalue weighted by atomic mass is 10.2. The molecule has 0 fully saturated rings. The maximum absolute atomic E-state index is 13.5. The largest absolute Gasteiger partial charge is 0.497 e. The summed E-state index contributed by atoms with van der Waals surface area (Å²) in [6.07, 6.45) is 2.67. The van der Waals surface area contributed by atoms with Gasteiger partial charge in [0.05, 0.1) is 19.0 Å². The summed E-state index contributed by atoms with van der Waals surface area (Å²) < 4.78 is 24.0. The van der Waals surface area contributed by atoms with Gasteiger partial charge in [-0.15, -0.1) is 0 Å². The minimum atomic E-state index is -0.487. The summed E-state index contributed by atoms with van der Waals surface area (Å²) in [5.41, 5.74) is 1.50. The summed E-state index contributed by atoms with van der Waals surface area (Å²) in [5, 5.41) is 0. The Morgan fingerprint density at radius 2 is 2.05 bits per heavy atom. The molecule has 19 heavy (non-hydrogen) atoms. The van der Waals surface area contributed by atoms with Crippen molar-refractivity contribution >= 4 is 6.08 Å². The minimum absolute atomic E-state index is 0.167. The molecule has 2 rings (SSSR count). The molecule has 1 aromatic heterocycles. The van der Waals surface area contributed by atoms with E-state index in [1.165, 1.54) is 6.07 Å². The zero-order valence-electron chi connectivity index (χ0n) is 10.6. The van der Waals surface area contributed by atoms with E-state index in [9.17, 15) is 4.39 Å². The number of rotatable bonds is 5. The lowest BCUT2D eigenvalue weighted by molar-refractivity contribution is 0.289. The summed E-state index contributed by atoms with van der Waals surface area (Å²) in [6.45, 7) is 3.86. The predicted octanol–water partition coefficient (Wildman–Crippen LogP) is 3.45. The van der Waals surface area contributed by atoms with Crippen LogP contribution in [0.2, 0.25) is 0 Å². The van der Waals surface area contributed by atoms with E-state index in [-0.39, 0.29) is 12.4 Å². The van der Waals surface area contributed by atoms with Crippen LogP contribution in [0.4, 0.5) is 4.39 Å². The Morgan fingerprint density at radius 3 is 2.68 bits per heavy atom. The smallest absolute Gasteiger partial charge is 0.183 e. The maximum atomic E-state index is 13.5. The Labute approximate surface area is 111 Å². The highest BCUT2D eigenvalue weighted by Crippen LogP contribution is 2.19. The fraction of sp³-hybridized carbons (Fsp3) is 0.133. The Bertz CT molecular complexity index is 567. The lowest BCUT2D eigenvalue weighted by Crippen LogP contribution is -1.98. The van der Waals surface area contributed by atoms with Crippen molar-refractivity contribution < 1.29 is 13.9 Å². The molecule has 4 heteroatoms. The van der Waals surface area contributed by atoms with E-state index in [2.05, 4.69) is 11.6 Å². The number of aromatic nitrogens is 1. The fourth-order valence-electron chi connectivity index (χ4n) is 1.54. The van der Waals surface area contributed by atoms with Gasteiger partial charge >= 0.3 is 0 Å². The van der Waals surface area contributed by atoms with E-state index in [1.807, 2.05) is 24.3 Å². The van der Waals surface area contributed by atoms with Crippen LogP contribution in [0.3, 0.4) is 0 Å². The lowest BCUT2D eigenvalue weighted by Gasteiger charge is -2.08. The Morgan fingerprint density at radius 1 is 1.32 bits per heavy atom. The molecule has 0 bridgehead atoms. The van der Waals surface area contributed by atoms with Crippen molar-refractivity contribution in [3.8, 4) is 11.5 Å². The first-order valence-electron chi connectivity index (χ1n) is 5.76. The molecular weight excluding hydrogens is 245 g/mol. The molecule has 0 spiro atoms. The van der Waals surface area contributed by atoms with Gasteiger partial charge < -0.3 is 9.47 Å². The number of hydrogen-bond acceptors (Lipinski definition) is 3. The first-order valence-corrected chi connectivity index (χ1v) is 5.76. The second kappa shape index (κ2) is 6.00. The van der Waals surface area contributed by atoms with Crippen LogP contribution in [0.25, 0.3) is 6.08 Å². The van der Waals surface area contributed by atoms with Crippen LogP contribution in [0.15, 0.2) is 43.1 Å². The Balaban J connectivity index is 2.07. The van der Waals surface area contributed by atoms with Gasteiger partial charge in [0.25, 0.3) is 0 Å². The number of methoxy groups -OCH3 is 1. The zero-order chi connectivity index (χ0) is 13.7. The van der Waals surface area contributed by atoms with E-state index in [0.717, 1.165) is 17.5 Å². The van der Waals surface area contributed by atoms with E-state index in [0.29, 0.717) is 5.69 Å². The van der Waals surface area contributed by atoms with Gasteiger partial charge in [-0.1, -0.05) is 18.7 Å². The molecule has 98 valence electrons. The van der Waals surface area contributed by atoms with Gasteiger partial charge in [0.2, 0.25) is 0 Å². The summed E-state index contributed by atoms with van der Waals surface area (Å²) in [4.78, 5) is 3.85. The molecule has 1 aromatic carbocycles. The highest BCUT2D eigenvalue weighted by Gasteiger charge is 2.05. The molecule has 0 aliphatic rings. The SMILES string of the molecule is C=Cc1cc(OCc2ccc(OC)cc2)c(F)cn1. The second-order valence-corrected chi connectivity index (χ2v) is 3.88. The number of hydrogen-bond donors (Lipinski definition) is 0.